The van der Waals surface area contributed by atoms with E-state index in [0.717, 1.165) is 0 Å². The third-order valence-electron chi connectivity index (χ3n) is 1.99. The SMILES string of the molecule is Cc1cc(N)c(C(C)(C)O)cc1F. The average molecular weight is 183 g/mol. The van der Waals surface area contributed by atoms with Crippen LogP contribution in [0, 0.1) is 12.7 Å². The van der Waals surface area contributed by atoms with E-state index < -0.39 is 5.60 Å². The van der Waals surface area contributed by atoms with Crippen LogP contribution >= 0.6 is 0 Å². The fraction of sp³-hybridized carbons (Fsp3) is 0.400. The Balaban J connectivity index is 3.32. The zero-order valence-corrected chi connectivity index (χ0v) is 8.06. The molecule has 0 saturated heterocycles. The summed E-state index contributed by atoms with van der Waals surface area (Å²) in [5, 5.41) is 9.64. The van der Waals surface area contributed by atoms with Gasteiger partial charge in [0.1, 0.15) is 5.82 Å². The molecule has 3 heteroatoms. The summed E-state index contributed by atoms with van der Waals surface area (Å²) < 4.78 is 13.1. The minimum Gasteiger partial charge on any atom is -0.398 e. The van der Waals surface area contributed by atoms with E-state index in [4.69, 9.17) is 5.73 Å². The van der Waals surface area contributed by atoms with Crippen molar-refractivity contribution in [1.82, 2.24) is 0 Å². The van der Waals surface area contributed by atoms with E-state index in [2.05, 4.69) is 0 Å². The molecule has 0 heterocycles. The first-order valence-electron chi connectivity index (χ1n) is 4.11. The first kappa shape index (κ1) is 9.99. The highest BCUT2D eigenvalue weighted by Crippen LogP contribution is 2.27. The molecule has 0 aromatic heterocycles. The summed E-state index contributed by atoms with van der Waals surface area (Å²) in [6, 6.07) is 2.81. The molecular formula is C10H14FNO. The Kier molecular flexibility index (Phi) is 2.30. The van der Waals surface area contributed by atoms with E-state index in [1.54, 1.807) is 20.8 Å². The van der Waals surface area contributed by atoms with Crippen molar-refractivity contribution in [3.05, 3.63) is 29.1 Å². The van der Waals surface area contributed by atoms with Gasteiger partial charge in [0.15, 0.2) is 0 Å². The van der Waals surface area contributed by atoms with Crippen molar-refractivity contribution >= 4 is 5.69 Å². The van der Waals surface area contributed by atoms with Gasteiger partial charge in [-0.25, -0.2) is 4.39 Å². The summed E-state index contributed by atoms with van der Waals surface area (Å²) in [5.74, 6) is -0.341. The molecule has 1 aromatic rings. The maximum Gasteiger partial charge on any atom is 0.126 e. The molecule has 72 valence electrons. The largest absolute Gasteiger partial charge is 0.398 e. The van der Waals surface area contributed by atoms with E-state index in [0.29, 0.717) is 16.8 Å². The minimum absolute atomic E-state index is 0.341. The zero-order valence-electron chi connectivity index (χ0n) is 8.06. The summed E-state index contributed by atoms with van der Waals surface area (Å²) in [6.07, 6.45) is 0. The van der Waals surface area contributed by atoms with Crippen LogP contribution in [0.1, 0.15) is 25.0 Å². The van der Waals surface area contributed by atoms with Crippen LogP contribution in [0.15, 0.2) is 12.1 Å². The Morgan fingerprint density at radius 1 is 1.38 bits per heavy atom. The van der Waals surface area contributed by atoms with Gasteiger partial charge in [-0.2, -0.15) is 0 Å². The normalized spacial score (nSPS) is 11.8. The van der Waals surface area contributed by atoms with Crippen molar-refractivity contribution in [3.63, 3.8) is 0 Å². The van der Waals surface area contributed by atoms with Gasteiger partial charge in [-0.05, 0) is 38.5 Å². The Morgan fingerprint density at radius 2 is 1.92 bits per heavy atom. The molecule has 0 saturated carbocycles. The second-order valence-electron chi connectivity index (χ2n) is 3.75. The molecule has 1 rings (SSSR count). The van der Waals surface area contributed by atoms with Gasteiger partial charge in [0, 0.05) is 11.3 Å². The fourth-order valence-electron chi connectivity index (χ4n) is 1.23. The topological polar surface area (TPSA) is 46.2 Å². The lowest BCUT2D eigenvalue weighted by Gasteiger charge is -2.20. The van der Waals surface area contributed by atoms with Crippen molar-refractivity contribution < 1.29 is 9.50 Å². The number of aryl methyl sites for hydroxylation is 1. The fourth-order valence-corrected chi connectivity index (χ4v) is 1.23. The number of halogens is 1. The molecule has 0 atom stereocenters. The smallest absolute Gasteiger partial charge is 0.126 e. The molecule has 0 unspecified atom stereocenters. The summed E-state index contributed by atoms with van der Waals surface area (Å²) in [7, 11) is 0. The highest BCUT2D eigenvalue weighted by atomic mass is 19.1. The van der Waals surface area contributed by atoms with E-state index in [-0.39, 0.29) is 5.82 Å². The number of aliphatic hydroxyl groups is 1. The summed E-state index contributed by atoms with van der Waals surface area (Å²) in [6.45, 7) is 4.79. The molecule has 0 amide bonds. The minimum atomic E-state index is -1.10. The molecule has 1 aromatic carbocycles. The number of nitrogen functional groups attached to an aromatic ring is 1. The van der Waals surface area contributed by atoms with E-state index in [9.17, 15) is 9.50 Å². The third kappa shape index (κ3) is 1.98. The van der Waals surface area contributed by atoms with Crippen LogP contribution < -0.4 is 5.73 Å². The number of benzene rings is 1. The molecule has 0 aliphatic rings. The predicted octanol–water partition coefficient (Wildman–Crippen LogP) is 1.94. The molecule has 0 aliphatic heterocycles. The number of hydrogen-bond donors (Lipinski definition) is 2. The van der Waals surface area contributed by atoms with Gasteiger partial charge in [0.25, 0.3) is 0 Å². The maximum atomic E-state index is 13.1. The molecule has 0 spiro atoms. The van der Waals surface area contributed by atoms with Crippen LogP contribution in [-0.4, -0.2) is 5.11 Å². The molecule has 3 N–H and O–H groups in total. The molecule has 0 bridgehead atoms. The summed E-state index contributed by atoms with van der Waals surface area (Å²) in [5.41, 5.74) is 5.89. The van der Waals surface area contributed by atoms with Gasteiger partial charge in [-0.3, -0.25) is 0 Å². The van der Waals surface area contributed by atoms with Crippen molar-refractivity contribution in [3.8, 4) is 0 Å². The second-order valence-corrected chi connectivity index (χ2v) is 3.75. The van der Waals surface area contributed by atoms with E-state index in [1.165, 1.54) is 12.1 Å². The van der Waals surface area contributed by atoms with Gasteiger partial charge in [-0.15, -0.1) is 0 Å². The van der Waals surface area contributed by atoms with Gasteiger partial charge in [0.05, 0.1) is 5.60 Å². The van der Waals surface area contributed by atoms with Crippen molar-refractivity contribution in [2.75, 3.05) is 5.73 Å². The molecule has 0 radical (unpaired) electrons. The lowest BCUT2D eigenvalue weighted by Crippen LogP contribution is -2.18. The highest BCUT2D eigenvalue weighted by Gasteiger charge is 2.20. The average Bonchev–Trinajstić information content (AvgIpc) is 1.94. The van der Waals surface area contributed by atoms with Gasteiger partial charge in [-0.1, -0.05) is 0 Å². The van der Waals surface area contributed by atoms with Crippen molar-refractivity contribution in [2.45, 2.75) is 26.4 Å². The number of hydrogen-bond acceptors (Lipinski definition) is 2. The number of nitrogens with two attached hydrogens (primary N) is 1. The molecular weight excluding hydrogens is 169 g/mol. The first-order valence-corrected chi connectivity index (χ1v) is 4.11. The van der Waals surface area contributed by atoms with Gasteiger partial charge in [0.2, 0.25) is 0 Å². The van der Waals surface area contributed by atoms with Crippen LogP contribution in [0.2, 0.25) is 0 Å². The lowest BCUT2D eigenvalue weighted by atomic mass is 9.95. The maximum absolute atomic E-state index is 13.1. The van der Waals surface area contributed by atoms with Crippen molar-refractivity contribution in [1.29, 1.82) is 0 Å². The quantitative estimate of drug-likeness (QED) is 0.653. The third-order valence-corrected chi connectivity index (χ3v) is 1.99. The Bertz CT molecular complexity index is 328. The molecule has 0 fully saturated rings. The second kappa shape index (κ2) is 3.00. The van der Waals surface area contributed by atoms with Crippen LogP contribution in [0.4, 0.5) is 10.1 Å². The Hall–Kier alpha value is -1.09. The van der Waals surface area contributed by atoms with E-state index >= 15 is 0 Å². The number of anilines is 1. The Morgan fingerprint density at radius 3 is 2.38 bits per heavy atom. The van der Waals surface area contributed by atoms with Crippen LogP contribution in [0.25, 0.3) is 0 Å². The van der Waals surface area contributed by atoms with Crippen LogP contribution in [0.3, 0.4) is 0 Å². The highest BCUT2D eigenvalue weighted by molar-refractivity contribution is 5.51. The van der Waals surface area contributed by atoms with Gasteiger partial charge >= 0.3 is 0 Å². The Labute approximate surface area is 77.2 Å². The monoisotopic (exact) mass is 183 g/mol. The zero-order chi connectivity index (χ0) is 10.2. The van der Waals surface area contributed by atoms with Crippen LogP contribution in [0.5, 0.6) is 0 Å². The molecule has 2 nitrogen and oxygen atoms in total. The van der Waals surface area contributed by atoms with Crippen molar-refractivity contribution in [2.24, 2.45) is 0 Å². The number of rotatable bonds is 1. The van der Waals surface area contributed by atoms with E-state index in [1.807, 2.05) is 0 Å². The molecule has 0 aliphatic carbocycles. The molecule has 13 heavy (non-hydrogen) atoms. The lowest BCUT2D eigenvalue weighted by molar-refractivity contribution is 0.0790. The van der Waals surface area contributed by atoms with Crippen LogP contribution in [-0.2, 0) is 5.60 Å². The standard InChI is InChI=1S/C10H14FNO/c1-6-4-9(12)7(5-8(6)11)10(2,3)13/h4-5,13H,12H2,1-3H3. The summed E-state index contributed by atoms with van der Waals surface area (Å²) in [4.78, 5) is 0. The predicted molar refractivity (Wildman–Crippen MR) is 50.8 cm³/mol. The van der Waals surface area contributed by atoms with Gasteiger partial charge < -0.3 is 10.8 Å². The first-order chi connectivity index (χ1) is 5.82. The summed E-state index contributed by atoms with van der Waals surface area (Å²) >= 11 is 0.